The molecule has 1 nitrogen and oxygen atoms in total. The quantitative estimate of drug-likeness (QED) is 0.441. The summed E-state index contributed by atoms with van der Waals surface area (Å²) in [7, 11) is 0. The Morgan fingerprint density at radius 1 is 1.33 bits per heavy atom. The minimum absolute atomic E-state index is 0.251. The van der Waals surface area contributed by atoms with E-state index in [1.54, 1.807) is 0 Å². The van der Waals surface area contributed by atoms with Crippen LogP contribution in [0.2, 0.25) is 0 Å². The fraction of sp³-hybridized carbons (Fsp3) is 0.222. The number of hydrogen-bond donors (Lipinski definition) is 0. The first-order chi connectivity index (χ1) is 6.86. The van der Waals surface area contributed by atoms with Crippen LogP contribution in [0.4, 0.5) is 17.6 Å². The first-order valence-corrected chi connectivity index (χ1v) is 4.35. The Hall–Kier alpha value is -1.10. The second-order valence-electron chi connectivity index (χ2n) is 2.75. The van der Waals surface area contributed by atoms with Crippen molar-refractivity contribution in [3.8, 4) is 0 Å². The zero-order valence-electron chi connectivity index (χ0n) is 7.24. The third-order valence-electron chi connectivity index (χ3n) is 1.72. The fourth-order valence-electron chi connectivity index (χ4n) is 0.993. The van der Waals surface area contributed by atoms with E-state index in [-0.39, 0.29) is 5.56 Å². The van der Waals surface area contributed by atoms with Crippen LogP contribution in [0.3, 0.4) is 0 Å². The van der Waals surface area contributed by atoms with E-state index in [0.29, 0.717) is 12.1 Å². The van der Waals surface area contributed by atoms with Gasteiger partial charge < -0.3 is 0 Å². The second-order valence-corrected chi connectivity index (χ2v) is 3.02. The Morgan fingerprint density at radius 2 is 1.93 bits per heavy atom. The van der Waals surface area contributed by atoms with Crippen molar-refractivity contribution in [2.75, 3.05) is 5.88 Å². The van der Waals surface area contributed by atoms with Crippen LogP contribution in [0.15, 0.2) is 18.2 Å². The third kappa shape index (κ3) is 2.68. The van der Waals surface area contributed by atoms with E-state index in [1.807, 2.05) is 0 Å². The molecule has 0 aromatic heterocycles. The van der Waals surface area contributed by atoms with E-state index in [4.69, 9.17) is 11.6 Å². The van der Waals surface area contributed by atoms with E-state index >= 15 is 0 Å². The molecule has 15 heavy (non-hydrogen) atoms. The van der Waals surface area contributed by atoms with Crippen LogP contribution >= 0.6 is 11.6 Å². The lowest BCUT2D eigenvalue weighted by Gasteiger charge is -2.08. The highest BCUT2D eigenvalue weighted by Crippen LogP contribution is 2.31. The topological polar surface area (TPSA) is 17.1 Å². The van der Waals surface area contributed by atoms with Gasteiger partial charge in [0.1, 0.15) is 5.82 Å². The summed E-state index contributed by atoms with van der Waals surface area (Å²) in [6.07, 6.45) is -4.81. The number of rotatable bonds is 2. The summed E-state index contributed by atoms with van der Waals surface area (Å²) in [5, 5.41) is 0. The van der Waals surface area contributed by atoms with Crippen molar-refractivity contribution in [1.29, 1.82) is 0 Å². The zero-order valence-corrected chi connectivity index (χ0v) is 7.99. The van der Waals surface area contributed by atoms with E-state index in [0.717, 1.165) is 6.07 Å². The van der Waals surface area contributed by atoms with Crippen molar-refractivity contribution in [3.05, 3.63) is 35.1 Å². The van der Waals surface area contributed by atoms with Crippen LogP contribution in [0.5, 0.6) is 0 Å². The normalized spacial score (nSPS) is 11.5. The van der Waals surface area contributed by atoms with E-state index in [1.165, 1.54) is 0 Å². The molecule has 1 aromatic rings. The van der Waals surface area contributed by atoms with Crippen LogP contribution in [-0.4, -0.2) is 11.7 Å². The van der Waals surface area contributed by atoms with Gasteiger partial charge in [0.25, 0.3) is 0 Å². The molecule has 0 atom stereocenters. The van der Waals surface area contributed by atoms with Crippen molar-refractivity contribution in [2.24, 2.45) is 0 Å². The Labute approximate surface area is 87.7 Å². The van der Waals surface area contributed by atoms with Gasteiger partial charge in [-0.05, 0) is 18.2 Å². The number of alkyl halides is 4. The smallest absolute Gasteiger partial charge is 0.293 e. The van der Waals surface area contributed by atoms with E-state index < -0.39 is 29.2 Å². The lowest BCUT2D eigenvalue weighted by Crippen LogP contribution is -2.10. The number of benzene rings is 1. The molecule has 0 unspecified atom stereocenters. The van der Waals surface area contributed by atoms with Gasteiger partial charge in [-0.2, -0.15) is 13.2 Å². The molecule has 0 spiro atoms. The molecule has 0 radical (unpaired) electrons. The lowest BCUT2D eigenvalue weighted by atomic mass is 10.1. The maximum Gasteiger partial charge on any atom is 0.419 e. The van der Waals surface area contributed by atoms with Gasteiger partial charge in [0, 0.05) is 5.56 Å². The predicted octanol–water partition coefficient (Wildman–Crippen LogP) is 3.27. The van der Waals surface area contributed by atoms with Crippen LogP contribution in [0, 0.1) is 5.82 Å². The molecular formula is C9H5ClF4O. The average molecular weight is 241 g/mol. The molecule has 1 rings (SSSR count). The first kappa shape index (κ1) is 12.0. The molecule has 0 heterocycles. The Kier molecular flexibility index (Phi) is 3.34. The highest BCUT2D eigenvalue weighted by molar-refractivity contribution is 6.30. The number of Topliss-reactive ketones (excluding diaryl/α,β-unsaturated/α-hetero) is 1. The zero-order chi connectivity index (χ0) is 11.6. The van der Waals surface area contributed by atoms with Gasteiger partial charge in [-0.3, -0.25) is 4.79 Å². The van der Waals surface area contributed by atoms with Crippen LogP contribution < -0.4 is 0 Å². The van der Waals surface area contributed by atoms with Gasteiger partial charge in [0.05, 0.1) is 11.4 Å². The average Bonchev–Trinajstić information content (AvgIpc) is 2.15. The number of hydrogen-bond acceptors (Lipinski definition) is 1. The van der Waals surface area contributed by atoms with Gasteiger partial charge in [-0.25, -0.2) is 4.39 Å². The molecule has 0 saturated heterocycles. The van der Waals surface area contributed by atoms with Crippen LogP contribution in [0.25, 0.3) is 0 Å². The number of carbonyl (C=O) groups is 1. The Bertz CT molecular complexity index is 386. The Balaban J connectivity index is 3.23. The van der Waals surface area contributed by atoms with Crippen molar-refractivity contribution in [1.82, 2.24) is 0 Å². The summed E-state index contributed by atoms with van der Waals surface area (Å²) in [5.41, 5.74) is -1.71. The molecule has 0 aliphatic heterocycles. The highest BCUT2D eigenvalue weighted by Gasteiger charge is 2.34. The summed E-state index contributed by atoms with van der Waals surface area (Å²) in [6, 6.07) is 2.03. The molecule has 0 amide bonds. The predicted molar refractivity (Wildman–Crippen MR) is 46.5 cm³/mol. The Morgan fingerprint density at radius 3 is 2.40 bits per heavy atom. The summed E-state index contributed by atoms with van der Waals surface area (Å²) in [5.74, 6) is -2.53. The highest BCUT2D eigenvalue weighted by atomic mass is 35.5. The molecule has 0 aliphatic rings. The van der Waals surface area contributed by atoms with Gasteiger partial charge >= 0.3 is 6.18 Å². The summed E-state index contributed by atoms with van der Waals surface area (Å²) >= 11 is 5.17. The molecule has 0 saturated carbocycles. The van der Waals surface area contributed by atoms with E-state index in [2.05, 4.69) is 0 Å². The van der Waals surface area contributed by atoms with Crippen LogP contribution in [0.1, 0.15) is 15.9 Å². The molecular weight excluding hydrogens is 236 g/mol. The monoisotopic (exact) mass is 240 g/mol. The van der Waals surface area contributed by atoms with Crippen molar-refractivity contribution < 1.29 is 22.4 Å². The van der Waals surface area contributed by atoms with Gasteiger partial charge in [0.15, 0.2) is 5.78 Å². The molecule has 0 fully saturated rings. The fourth-order valence-corrected chi connectivity index (χ4v) is 1.15. The van der Waals surface area contributed by atoms with Crippen molar-refractivity contribution in [2.45, 2.75) is 6.18 Å². The maximum absolute atomic E-state index is 12.8. The maximum atomic E-state index is 12.8. The summed E-state index contributed by atoms with van der Waals surface area (Å²) < 4.78 is 49.4. The molecule has 0 aliphatic carbocycles. The molecule has 82 valence electrons. The van der Waals surface area contributed by atoms with E-state index in [9.17, 15) is 22.4 Å². The molecule has 1 aromatic carbocycles. The number of carbonyl (C=O) groups excluding carboxylic acids is 1. The van der Waals surface area contributed by atoms with Crippen LogP contribution in [-0.2, 0) is 6.18 Å². The van der Waals surface area contributed by atoms with Crippen molar-refractivity contribution >= 4 is 17.4 Å². The summed E-state index contributed by atoms with van der Waals surface area (Å²) in [6.45, 7) is 0. The SMILES string of the molecule is O=C(CCl)c1ccc(F)c(C(F)(F)F)c1. The third-order valence-corrected chi connectivity index (χ3v) is 1.96. The molecule has 0 N–H and O–H groups in total. The minimum Gasteiger partial charge on any atom is -0.293 e. The number of ketones is 1. The van der Waals surface area contributed by atoms with Gasteiger partial charge in [0.2, 0.25) is 0 Å². The van der Waals surface area contributed by atoms with Crippen molar-refractivity contribution in [3.63, 3.8) is 0 Å². The number of halogens is 5. The summed E-state index contributed by atoms with van der Waals surface area (Å²) in [4.78, 5) is 11.0. The van der Waals surface area contributed by atoms with Gasteiger partial charge in [-0.1, -0.05) is 0 Å². The lowest BCUT2D eigenvalue weighted by molar-refractivity contribution is -0.140. The van der Waals surface area contributed by atoms with Gasteiger partial charge in [-0.15, -0.1) is 11.6 Å². The second kappa shape index (κ2) is 4.18. The standard InChI is InChI=1S/C9H5ClF4O/c10-4-8(15)5-1-2-7(11)6(3-5)9(12,13)14/h1-3H,4H2. The largest absolute Gasteiger partial charge is 0.419 e. The first-order valence-electron chi connectivity index (χ1n) is 3.82. The minimum atomic E-state index is -4.81. The molecule has 6 heteroatoms. The molecule has 0 bridgehead atoms.